The SMILES string of the molecule is O[C@@H]1CC[C@@H]2CC=CC[C@@H]21. The summed E-state index contributed by atoms with van der Waals surface area (Å²) >= 11 is 0. The molecule has 1 N–H and O–H groups in total. The highest BCUT2D eigenvalue weighted by molar-refractivity contribution is 4.99. The molecule has 0 unspecified atom stereocenters. The quantitative estimate of drug-likeness (QED) is 0.505. The van der Waals surface area contributed by atoms with E-state index in [1.807, 2.05) is 0 Å². The smallest absolute Gasteiger partial charge is 0.0574 e. The molecule has 0 amide bonds. The zero-order valence-electron chi connectivity index (χ0n) is 6.16. The summed E-state index contributed by atoms with van der Waals surface area (Å²) in [6, 6.07) is 0. The number of allylic oxidation sites excluding steroid dienone is 2. The zero-order valence-corrected chi connectivity index (χ0v) is 6.16. The van der Waals surface area contributed by atoms with Crippen LogP contribution in [0.25, 0.3) is 0 Å². The Hall–Kier alpha value is -0.300. The van der Waals surface area contributed by atoms with E-state index >= 15 is 0 Å². The molecule has 0 bridgehead atoms. The van der Waals surface area contributed by atoms with Gasteiger partial charge in [0.15, 0.2) is 0 Å². The van der Waals surface area contributed by atoms with Crippen molar-refractivity contribution in [1.82, 2.24) is 0 Å². The molecule has 0 aliphatic heterocycles. The predicted octanol–water partition coefficient (Wildman–Crippen LogP) is 1.72. The molecule has 2 aliphatic rings. The van der Waals surface area contributed by atoms with Gasteiger partial charge >= 0.3 is 0 Å². The fraction of sp³-hybridized carbons (Fsp3) is 0.778. The maximum absolute atomic E-state index is 9.49. The van der Waals surface area contributed by atoms with Crippen LogP contribution in [0.2, 0.25) is 0 Å². The van der Waals surface area contributed by atoms with Crippen LogP contribution in [0.1, 0.15) is 25.7 Å². The Kier molecular flexibility index (Phi) is 1.53. The first kappa shape index (κ1) is 6.41. The maximum Gasteiger partial charge on any atom is 0.0574 e. The van der Waals surface area contributed by atoms with Gasteiger partial charge in [0, 0.05) is 0 Å². The summed E-state index contributed by atoms with van der Waals surface area (Å²) in [4.78, 5) is 0. The van der Waals surface area contributed by atoms with E-state index < -0.39 is 0 Å². The van der Waals surface area contributed by atoms with E-state index in [2.05, 4.69) is 12.2 Å². The molecule has 0 saturated heterocycles. The summed E-state index contributed by atoms with van der Waals surface area (Å²) in [6.07, 6.45) is 9.10. The molecule has 10 heavy (non-hydrogen) atoms. The first-order valence-corrected chi connectivity index (χ1v) is 4.21. The van der Waals surface area contributed by atoms with Crippen molar-refractivity contribution in [3.8, 4) is 0 Å². The molecule has 2 rings (SSSR count). The average Bonchev–Trinajstić information content (AvgIpc) is 2.34. The standard InChI is InChI=1S/C9H14O/c10-9-6-5-7-3-1-2-4-8(7)9/h1-2,7-10H,3-6H2/t7-,8-,9+/m0/s1. The summed E-state index contributed by atoms with van der Waals surface area (Å²) in [6.45, 7) is 0. The molecular formula is C9H14O. The normalized spacial score (nSPS) is 45.5. The van der Waals surface area contributed by atoms with Crippen LogP contribution in [-0.2, 0) is 0 Å². The molecule has 0 spiro atoms. The zero-order chi connectivity index (χ0) is 6.97. The van der Waals surface area contributed by atoms with Crippen molar-refractivity contribution in [3.63, 3.8) is 0 Å². The van der Waals surface area contributed by atoms with E-state index in [1.165, 1.54) is 12.8 Å². The monoisotopic (exact) mass is 138 g/mol. The van der Waals surface area contributed by atoms with Crippen molar-refractivity contribution < 1.29 is 5.11 Å². The van der Waals surface area contributed by atoms with Gasteiger partial charge in [-0.1, -0.05) is 12.2 Å². The van der Waals surface area contributed by atoms with Crippen molar-refractivity contribution in [1.29, 1.82) is 0 Å². The lowest BCUT2D eigenvalue weighted by atomic mass is 9.85. The third-order valence-electron chi connectivity index (χ3n) is 2.95. The highest BCUT2D eigenvalue weighted by atomic mass is 16.3. The first-order valence-electron chi connectivity index (χ1n) is 4.21. The number of hydrogen-bond donors (Lipinski definition) is 1. The molecular weight excluding hydrogens is 124 g/mol. The van der Waals surface area contributed by atoms with E-state index in [-0.39, 0.29) is 6.10 Å². The van der Waals surface area contributed by atoms with Crippen molar-refractivity contribution in [3.05, 3.63) is 12.2 Å². The summed E-state index contributed by atoms with van der Waals surface area (Å²) in [5, 5.41) is 9.49. The lowest BCUT2D eigenvalue weighted by Gasteiger charge is -2.22. The Morgan fingerprint density at radius 2 is 1.90 bits per heavy atom. The Morgan fingerprint density at radius 3 is 2.70 bits per heavy atom. The molecule has 0 heterocycles. The highest BCUT2D eigenvalue weighted by Crippen LogP contribution is 2.39. The first-order chi connectivity index (χ1) is 4.88. The van der Waals surface area contributed by atoms with Crippen LogP contribution in [-0.4, -0.2) is 11.2 Å². The van der Waals surface area contributed by atoms with Crippen LogP contribution in [0.3, 0.4) is 0 Å². The van der Waals surface area contributed by atoms with Gasteiger partial charge in [-0.2, -0.15) is 0 Å². The van der Waals surface area contributed by atoms with Gasteiger partial charge in [0.2, 0.25) is 0 Å². The van der Waals surface area contributed by atoms with Crippen molar-refractivity contribution in [2.45, 2.75) is 31.8 Å². The van der Waals surface area contributed by atoms with Gasteiger partial charge < -0.3 is 5.11 Å². The predicted molar refractivity (Wildman–Crippen MR) is 40.6 cm³/mol. The van der Waals surface area contributed by atoms with Gasteiger partial charge in [-0.15, -0.1) is 0 Å². The number of fused-ring (bicyclic) bond motifs is 1. The second kappa shape index (κ2) is 2.39. The number of aliphatic hydroxyl groups excluding tert-OH is 1. The molecule has 3 atom stereocenters. The molecule has 1 nitrogen and oxygen atoms in total. The lowest BCUT2D eigenvalue weighted by molar-refractivity contribution is 0.117. The fourth-order valence-corrected chi connectivity index (χ4v) is 2.29. The van der Waals surface area contributed by atoms with E-state index in [1.54, 1.807) is 0 Å². The molecule has 1 saturated carbocycles. The van der Waals surface area contributed by atoms with E-state index in [0.29, 0.717) is 5.92 Å². The maximum atomic E-state index is 9.49. The van der Waals surface area contributed by atoms with E-state index in [4.69, 9.17) is 0 Å². The summed E-state index contributed by atoms with van der Waals surface area (Å²) in [5.41, 5.74) is 0. The van der Waals surface area contributed by atoms with E-state index in [9.17, 15) is 5.11 Å². The largest absolute Gasteiger partial charge is 0.393 e. The second-order valence-electron chi connectivity index (χ2n) is 3.51. The summed E-state index contributed by atoms with van der Waals surface area (Å²) in [7, 11) is 0. The molecule has 0 aromatic rings. The van der Waals surface area contributed by atoms with Gasteiger partial charge in [-0.25, -0.2) is 0 Å². The molecule has 1 heteroatoms. The van der Waals surface area contributed by atoms with Crippen LogP contribution in [0.5, 0.6) is 0 Å². The van der Waals surface area contributed by atoms with Crippen LogP contribution in [0, 0.1) is 11.8 Å². The minimum Gasteiger partial charge on any atom is -0.393 e. The Balaban J connectivity index is 2.10. The van der Waals surface area contributed by atoms with Gasteiger partial charge in [-0.3, -0.25) is 0 Å². The second-order valence-corrected chi connectivity index (χ2v) is 3.51. The molecule has 0 aromatic carbocycles. The average molecular weight is 138 g/mol. The van der Waals surface area contributed by atoms with Crippen molar-refractivity contribution in [2.75, 3.05) is 0 Å². The Labute approximate surface area is 61.8 Å². The molecule has 1 fully saturated rings. The van der Waals surface area contributed by atoms with Crippen LogP contribution in [0.4, 0.5) is 0 Å². The number of rotatable bonds is 0. The molecule has 2 aliphatic carbocycles. The van der Waals surface area contributed by atoms with Crippen LogP contribution in [0.15, 0.2) is 12.2 Å². The highest BCUT2D eigenvalue weighted by Gasteiger charge is 2.34. The van der Waals surface area contributed by atoms with Crippen LogP contribution < -0.4 is 0 Å². The third kappa shape index (κ3) is 0.891. The molecule has 0 aromatic heterocycles. The lowest BCUT2D eigenvalue weighted by Crippen LogP contribution is -2.19. The summed E-state index contributed by atoms with van der Waals surface area (Å²) in [5.74, 6) is 1.41. The molecule has 0 radical (unpaired) electrons. The Bertz CT molecular complexity index is 151. The van der Waals surface area contributed by atoms with Crippen molar-refractivity contribution in [2.24, 2.45) is 11.8 Å². The van der Waals surface area contributed by atoms with Gasteiger partial charge in [0.25, 0.3) is 0 Å². The Morgan fingerprint density at radius 1 is 1.10 bits per heavy atom. The van der Waals surface area contributed by atoms with E-state index in [0.717, 1.165) is 18.8 Å². The topological polar surface area (TPSA) is 20.2 Å². The third-order valence-corrected chi connectivity index (χ3v) is 2.95. The fourth-order valence-electron chi connectivity index (χ4n) is 2.29. The number of aliphatic hydroxyl groups is 1. The summed E-state index contributed by atoms with van der Waals surface area (Å²) < 4.78 is 0. The van der Waals surface area contributed by atoms with Crippen LogP contribution >= 0.6 is 0 Å². The van der Waals surface area contributed by atoms with Crippen molar-refractivity contribution >= 4 is 0 Å². The minimum atomic E-state index is 0.00921. The van der Waals surface area contributed by atoms with Gasteiger partial charge in [0.1, 0.15) is 0 Å². The minimum absolute atomic E-state index is 0.00921. The van der Waals surface area contributed by atoms with Gasteiger partial charge in [-0.05, 0) is 37.5 Å². The molecule has 56 valence electrons. The number of hydrogen-bond acceptors (Lipinski definition) is 1. The van der Waals surface area contributed by atoms with Gasteiger partial charge in [0.05, 0.1) is 6.10 Å².